The number of hydrogen-bond donors (Lipinski definition) is 2. The number of oxazole rings is 1. The smallest absolute Gasteiger partial charge is 0.267 e. The fraction of sp³-hybridized carbons (Fsp3) is 0.250. The van der Waals surface area contributed by atoms with E-state index in [0.717, 1.165) is 11.6 Å². The molecule has 0 aliphatic rings. The molecule has 2 unspecified atom stereocenters. The Morgan fingerprint density at radius 3 is 2.96 bits per heavy atom. The SMILES string of the molecule is COC(C)C(c1nc2ccccc2o1)n1cc(C=CC(=O)NO)nn1. The highest BCUT2D eigenvalue weighted by Gasteiger charge is 2.27. The van der Waals surface area contributed by atoms with Crippen LogP contribution in [0, 0.1) is 0 Å². The summed E-state index contributed by atoms with van der Waals surface area (Å²) in [5, 5.41) is 16.6. The molecule has 1 amide bonds. The molecular weight excluding hydrogens is 326 g/mol. The van der Waals surface area contributed by atoms with Gasteiger partial charge in [0.15, 0.2) is 11.6 Å². The summed E-state index contributed by atoms with van der Waals surface area (Å²) < 4.78 is 12.8. The summed E-state index contributed by atoms with van der Waals surface area (Å²) in [7, 11) is 1.59. The van der Waals surface area contributed by atoms with Crippen LogP contribution in [0.2, 0.25) is 0 Å². The number of carbonyl (C=O) groups is 1. The van der Waals surface area contributed by atoms with Crippen molar-refractivity contribution < 1.29 is 19.2 Å². The molecule has 0 saturated carbocycles. The Labute approximate surface area is 142 Å². The second-order valence-electron chi connectivity index (χ2n) is 5.34. The number of carbonyl (C=O) groups excluding carboxylic acids is 1. The van der Waals surface area contributed by atoms with Crippen LogP contribution in [0.1, 0.15) is 24.6 Å². The molecule has 2 heterocycles. The van der Waals surface area contributed by atoms with Gasteiger partial charge < -0.3 is 9.15 Å². The Balaban J connectivity index is 1.95. The fourth-order valence-electron chi connectivity index (χ4n) is 2.38. The van der Waals surface area contributed by atoms with Crippen molar-refractivity contribution in [2.75, 3.05) is 7.11 Å². The van der Waals surface area contributed by atoms with Crippen molar-refractivity contribution in [3.8, 4) is 0 Å². The first kappa shape index (κ1) is 16.8. The van der Waals surface area contributed by atoms with E-state index in [1.54, 1.807) is 18.0 Å². The highest BCUT2D eigenvalue weighted by molar-refractivity contribution is 5.90. The van der Waals surface area contributed by atoms with E-state index in [4.69, 9.17) is 14.4 Å². The third-order valence-electron chi connectivity index (χ3n) is 3.71. The molecule has 0 bridgehead atoms. The van der Waals surface area contributed by atoms with Crippen LogP contribution in [-0.2, 0) is 9.53 Å². The lowest BCUT2D eigenvalue weighted by Crippen LogP contribution is -2.25. The van der Waals surface area contributed by atoms with Gasteiger partial charge in [0.25, 0.3) is 5.91 Å². The molecule has 0 saturated heterocycles. The number of aromatic nitrogens is 4. The molecule has 1 aromatic carbocycles. The van der Waals surface area contributed by atoms with Crippen molar-refractivity contribution in [2.45, 2.75) is 19.1 Å². The summed E-state index contributed by atoms with van der Waals surface area (Å²) in [4.78, 5) is 15.6. The van der Waals surface area contributed by atoms with Gasteiger partial charge in [0.2, 0.25) is 5.89 Å². The summed E-state index contributed by atoms with van der Waals surface area (Å²) >= 11 is 0. The quantitative estimate of drug-likeness (QED) is 0.396. The van der Waals surface area contributed by atoms with Crippen LogP contribution in [0.3, 0.4) is 0 Å². The lowest BCUT2D eigenvalue weighted by atomic mass is 10.2. The summed E-state index contributed by atoms with van der Waals surface area (Å²) in [5.41, 5.74) is 3.36. The Morgan fingerprint density at radius 1 is 1.44 bits per heavy atom. The number of methoxy groups -OCH3 is 1. The average Bonchev–Trinajstić information content (AvgIpc) is 3.26. The maximum absolute atomic E-state index is 11.1. The number of nitrogens with zero attached hydrogens (tertiary/aromatic N) is 4. The lowest BCUT2D eigenvalue weighted by molar-refractivity contribution is -0.124. The van der Waals surface area contributed by atoms with Gasteiger partial charge in [-0.2, -0.15) is 0 Å². The molecule has 0 radical (unpaired) electrons. The molecule has 2 N–H and O–H groups in total. The molecular formula is C16H17N5O4. The molecule has 2 atom stereocenters. The van der Waals surface area contributed by atoms with Gasteiger partial charge in [-0.1, -0.05) is 17.3 Å². The van der Waals surface area contributed by atoms with Gasteiger partial charge in [0, 0.05) is 13.2 Å². The van der Waals surface area contributed by atoms with Crippen molar-refractivity contribution in [1.29, 1.82) is 0 Å². The average molecular weight is 343 g/mol. The third kappa shape index (κ3) is 3.57. The Hall–Kier alpha value is -3.04. The second-order valence-corrected chi connectivity index (χ2v) is 5.34. The number of amides is 1. The van der Waals surface area contributed by atoms with E-state index in [-0.39, 0.29) is 6.10 Å². The standard InChI is InChI=1S/C16H17N5O4/c1-10(24-2)15(16-17-12-5-3-4-6-13(12)25-16)21-9-11(18-20-21)7-8-14(22)19-23/h3-10,15,23H,1-2H3,(H,19,22). The highest BCUT2D eigenvalue weighted by Crippen LogP contribution is 2.26. The first-order valence-corrected chi connectivity index (χ1v) is 7.54. The zero-order chi connectivity index (χ0) is 17.8. The van der Waals surface area contributed by atoms with Gasteiger partial charge in [-0.05, 0) is 25.1 Å². The number of nitrogens with one attached hydrogen (secondary N) is 1. The molecule has 3 aromatic rings. The fourth-order valence-corrected chi connectivity index (χ4v) is 2.38. The van der Waals surface area contributed by atoms with Gasteiger partial charge in [0.1, 0.15) is 11.2 Å². The van der Waals surface area contributed by atoms with Gasteiger partial charge in [-0.3, -0.25) is 10.0 Å². The van der Waals surface area contributed by atoms with E-state index in [0.29, 0.717) is 17.2 Å². The summed E-state index contributed by atoms with van der Waals surface area (Å²) in [6.45, 7) is 1.87. The number of ether oxygens (including phenoxy) is 1. The predicted octanol–water partition coefficient (Wildman–Crippen LogP) is 1.56. The number of rotatable bonds is 6. The van der Waals surface area contributed by atoms with E-state index in [1.807, 2.05) is 31.2 Å². The van der Waals surface area contributed by atoms with Crippen LogP contribution in [0.25, 0.3) is 17.2 Å². The van der Waals surface area contributed by atoms with E-state index in [1.165, 1.54) is 11.6 Å². The minimum Gasteiger partial charge on any atom is -0.438 e. The van der Waals surface area contributed by atoms with Crippen molar-refractivity contribution in [3.05, 3.63) is 48.1 Å². The van der Waals surface area contributed by atoms with Crippen LogP contribution < -0.4 is 5.48 Å². The topological polar surface area (TPSA) is 115 Å². The molecule has 9 nitrogen and oxygen atoms in total. The second kappa shape index (κ2) is 7.24. The summed E-state index contributed by atoms with van der Waals surface area (Å²) in [5.74, 6) is -0.209. The third-order valence-corrected chi connectivity index (χ3v) is 3.71. The molecule has 9 heteroatoms. The monoisotopic (exact) mass is 343 g/mol. The molecule has 3 rings (SSSR count). The number of hydroxylamine groups is 1. The van der Waals surface area contributed by atoms with Gasteiger partial charge >= 0.3 is 0 Å². The Morgan fingerprint density at radius 2 is 2.24 bits per heavy atom. The minimum absolute atomic E-state index is 0.285. The van der Waals surface area contributed by atoms with Crippen LogP contribution in [0.5, 0.6) is 0 Å². The zero-order valence-corrected chi connectivity index (χ0v) is 13.7. The van der Waals surface area contributed by atoms with Gasteiger partial charge in [0.05, 0.1) is 12.3 Å². The maximum Gasteiger partial charge on any atom is 0.267 e. The number of fused-ring (bicyclic) bond motifs is 1. The highest BCUT2D eigenvalue weighted by atomic mass is 16.5. The minimum atomic E-state index is -0.657. The van der Waals surface area contributed by atoms with Crippen molar-refractivity contribution in [1.82, 2.24) is 25.5 Å². The van der Waals surface area contributed by atoms with Crippen LogP contribution in [-0.4, -0.2) is 44.3 Å². The molecule has 0 fully saturated rings. The largest absolute Gasteiger partial charge is 0.438 e. The van der Waals surface area contributed by atoms with Crippen molar-refractivity contribution >= 4 is 23.1 Å². The van der Waals surface area contributed by atoms with Crippen LogP contribution in [0.15, 0.2) is 41.0 Å². The van der Waals surface area contributed by atoms with Crippen LogP contribution >= 0.6 is 0 Å². The van der Waals surface area contributed by atoms with E-state index < -0.39 is 11.9 Å². The summed E-state index contributed by atoms with van der Waals surface area (Å²) in [6.07, 6.45) is 3.92. The van der Waals surface area contributed by atoms with Crippen molar-refractivity contribution in [2.24, 2.45) is 0 Å². The number of hydrogen-bond acceptors (Lipinski definition) is 7. The van der Waals surface area contributed by atoms with E-state index in [2.05, 4.69) is 15.3 Å². The molecule has 130 valence electrons. The van der Waals surface area contributed by atoms with E-state index in [9.17, 15) is 4.79 Å². The molecule has 0 spiro atoms. The molecule has 0 aliphatic carbocycles. The van der Waals surface area contributed by atoms with Crippen molar-refractivity contribution in [3.63, 3.8) is 0 Å². The first-order chi connectivity index (χ1) is 12.1. The van der Waals surface area contributed by atoms with Gasteiger partial charge in [-0.25, -0.2) is 15.1 Å². The number of para-hydroxylation sites is 2. The first-order valence-electron chi connectivity index (χ1n) is 7.54. The normalized spacial score (nSPS) is 14.0. The molecule has 0 aliphatic heterocycles. The Kier molecular flexibility index (Phi) is 4.87. The van der Waals surface area contributed by atoms with E-state index >= 15 is 0 Å². The maximum atomic E-state index is 11.1. The zero-order valence-electron chi connectivity index (χ0n) is 13.7. The van der Waals surface area contributed by atoms with Crippen LogP contribution in [0.4, 0.5) is 0 Å². The van der Waals surface area contributed by atoms with Gasteiger partial charge in [-0.15, -0.1) is 5.10 Å². The number of benzene rings is 1. The lowest BCUT2D eigenvalue weighted by Gasteiger charge is -2.19. The summed E-state index contributed by atoms with van der Waals surface area (Å²) in [6, 6.07) is 7.02. The Bertz CT molecular complexity index is 868. The predicted molar refractivity (Wildman–Crippen MR) is 87.6 cm³/mol. The molecule has 25 heavy (non-hydrogen) atoms. The molecule has 2 aromatic heterocycles.